The summed E-state index contributed by atoms with van der Waals surface area (Å²) in [6.45, 7) is 6.96. The van der Waals surface area contributed by atoms with Crippen LogP contribution in [0.25, 0.3) is 0 Å². The molecule has 3 fully saturated rings. The van der Waals surface area contributed by atoms with Gasteiger partial charge >= 0.3 is 0 Å². The molecule has 1 atom stereocenters. The van der Waals surface area contributed by atoms with Crippen LogP contribution < -0.4 is 5.32 Å². The number of likely N-dealkylation sites (tertiary alicyclic amines) is 1. The van der Waals surface area contributed by atoms with Crippen molar-refractivity contribution in [2.24, 2.45) is 5.92 Å². The molecule has 0 saturated carbocycles. The van der Waals surface area contributed by atoms with Gasteiger partial charge < -0.3 is 9.64 Å². The Balaban J connectivity index is 0.00000121. The Morgan fingerprint density at radius 2 is 1.82 bits per heavy atom. The van der Waals surface area contributed by atoms with E-state index in [2.05, 4.69) is 15.1 Å². The number of rotatable bonds is 3. The zero-order valence-corrected chi connectivity index (χ0v) is 15.3. The van der Waals surface area contributed by atoms with E-state index in [9.17, 15) is 4.79 Å². The van der Waals surface area contributed by atoms with Crippen LogP contribution in [0.5, 0.6) is 0 Å². The minimum Gasteiger partial charge on any atom is -0.379 e. The maximum Gasteiger partial charge on any atom is 0.240 e. The molecular weight excluding hydrogens is 345 g/mol. The highest BCUT2D eigenvalue weighted by molar-refractivity contribution is 7.99. The number of nitrogens with one attached hydrogen (secondary N) is 1. The van der Waals surface area contributed by atoms with Gasteiger partial charge in [-0.25, -0.2) is 0 Å². The number of nitrogens with zero attached hydrogens (tertiary/aromatic N) is 2. The zero-order chi connectivity index (χ0) is 13.8. The lowest BCUT2D eigenvalue weighted by molar-refractivity contribution is -0.134. The topological polar surface area (TPSA) is 44.8 Å². The van der Waals surface area contributed by atoms with Gasteiger partial charge in [-0.05, 0) is 18.8 Å². The standard InChI is InChI=1S/C14H25N3O2S.2ClH/c18-14(13-10-20-11-15-13)17-3-1-12(2-4-17)9-16-5-7-19-8-6-16;;/h12-13,15H,1-11H2;2*1H. The van der Waals surface area contributed by atoms with Gasteiger partial charge in [0.15, 0.2) is 0 Å². The normalized spacial score (nSPS) is 27.1. The number of hydrogen-bond donors (Lipinski definition) is 1. The molecule has 5 nitrogen and oxygen atoms in total. The van der Waals surface area contributed by atoms with Crippen LogP contribution in [0, 0.1) is 5.92 Å². The Morgan fingerprint density at radius 1 is 1.14 bits per heavy atom. The molecule has 0 aromatic rings. The maximum atomic E-state index is 12.3. The Bertz CT molecular complexity index is 332. The SMILES string of the molecule is Cl.Cl.O=C(C1CSCN1)N1CCC(CN2CCOCC2)CC1. The molecule has 0 aromatic carbocycles. The lowest BCUT2D eigenvalue weighted by Crippen LogP contribution is -2.49. The third kappa shape index (κ3) is 5.42. The smallest absolute Gasteiger partial charge is 0.240 e. The van der Waals surface area contributed by atoms with E-state index >= 15 is 0 Å². The summed E-state index contributed by atoms with van der Waals surface area (Å²) < 4.78 is 5.39. The van der Waals surface area contributed by atoms with E-state index in [1.165, 1.54) is 6.54 Å². The highest BCUT2D eigenvalue weighted by Gasteiger charge is 2.30. The van der Waals surface area contributed by atoms with Crippen molar-refractivity contribution in [2.75, 3.05) is 57.6 Å². The summed E-state index contributed by atoms with van der Waals surface area (Å²) in [5, 5.41) is 3.28. The van der Waals surface area contributed by atoms with E-state index < -0.39 is 0 Å². The Kier molecular flexibility index (Phi) is 9.43. The minimum atomic E-state index is 0. The fourth-order valence-corrected chi connectivity index (χ4v) is 4.19. The number of morpholine rings is 1. The fourth-order valence-electron chi connectivity index (χ4n) is 3.26. The van der Waals surface area contributed by atoms with Gasteiger partial charge in [0.2, 0.25) is 5.91 Å². The first-order valence-electron chi connectivity index (χ1n) is 7.73. The molecule has 3 aliphatic heterocycles. The van der Waals surface area contributed by atoms with E-state index in [0.29, 0.717) is 5.91 Å². The van der Waals surface area contributed by atoms with Crippen LogP contribution in [0.15, 0.2) is 0 Å². The van der Waals surface area contributed by atoms with Gasteiger partial charge in [-0.1, -0.05) is 0 Å². The number of amides is 1. The summed E-state index contributed by atoms with van der Waals surface area (Å²) in [6.07, 6.45) is 2.31. The summed E-state index contributed by atoms with van der Waals surface area (Å²) in [5.41, 5.74) is 0. The van der Waals surface area contributed by atoms with Crippen molar-refractivity contribution >= 4 is 42.5 Å². The van der Waals surface area contributed by atoms with Gasteiger partial charge in [0.25, 0.3) is 0 Å². The predicted octanol–water partition coefficient (Wildman–Crippen LogP) is 1.06. The lowest BCUT2D eigenvalue weighted by Gasteiger charge is -2.36. The van der Waals surface area contributed by atoms with Crippen molar-refractivity contribution in [3.63, 3.8) is 0 Å². The van der Waals surface area contributed by atoms with E-state index in [1.54, 1.807) is 0 Å². The van der Waals surface area contributed by atoms with Crippen molar-refractivity contribution < 1.29 is 9.53 Å². The molecule has 130 valence electrons. The second-order valence-corrected chi connectivity index (χ2v) is 6.98. The molecule has 3 heterocycles. The average molecular weight is 372 g/mol. The molecule has 0 radical (unpaired) electrons. The van der Waals surface area contributed by atoms with Crippen LogP contribution in [-0.2, 0) is 9.53 Å². The van der Waals surface area contributed by atoms with Crippen LogP contribution in [-0.4, -0.2) is 79.3 Å². The van der Waals surface area contributed by atoms with E-state index in [1.807, 2.05) is 11.8 Å². The van der Waals surface area contributed by atoms with Crippen LogP contribution >= 0.6 is 36.6 Å². The number of piperidine rings is 1. The first-order valence-corrected chi connectivity index (χ1v) is 8.88. The summed E-state index contributed by atoms with van der Waals surface area (Å²) in [4.78, 5) is 16.9. The van der Waals surface area contributed by atoms with Crippen molar-refractivity contribution in [3.8, 4) is 0 Å². The highest BCUT2D eigenvalue weighted by atomic mass is 35.5. The third-order valence-electron chi connectivity index (χ3n) is 4.56. The molecule has 3 rings (SSSR count). The van der Waals surface area contributed by atoms with Gasteiger partial charge in [0, 0.05) is 44.4 Å². The third-order valence-corrected chi connectivity index (χ3v) is 5.50. The zero-order valence-electron chi connectivity index (χ0n) is 12.9. The molecule has 3 saturated heterocycles. The molecule has 1 unspecified atom stereocenters. The lowest BCUT2D eigenvalue weighted by atomic mass is 9.95. The number of ether oxygens (including phenoxy) is 1. The largest absolute Gasteiger partial charge is 0.379 e. The summed E-state index contributed by atoms with van der Waals surface area (Å²) in [7, 11) is 0. The number of halogens is 2. The number of carbonyl (C=O) groups is 1. The Labute approximate surface area is 149 Å². The van der Waals surface area contributed by atoms with Gasteiger partial charge in [-0.3, -0.25) is 15.0 Å². The van der Waals surface area contributed by atoms with Crippen LogP contribution in [0.1, 0.15) is 12.8 Å². The first-order chi connectivity index (χ1) is 9.83. The van der Waals surface area contributed by atoms with Crippen molar-refractivity contribution in [3.05, 3.63) is 0 Å². The van der Waals surface area contributed by atoms with Crippen LogP contribution in [0.2, 0.25) is 0 Å². The molecule has 22 heavy (non-hydrogen) atoms. The van der Waals surface area contributed by atoms with E-state index in [4.69, 9.17) is 4.74 Å². The molecular formula is C14H27Cl2N3O2S. The summed E-state index contributed by atoms with van der Waals surface area (Å²) >= 11 is 1.82. The van der Waals surface area contributed by atoms with Gasteiger partial charge in [0.1, 0.15) is 0 Å². The predicted molar refractivity (Wildman–Crippen MR) is 95.3 cm³/mol. The first kappa shape index (κ1) is 20.3. The highest BCUT2D eigenvalue weighted by Crippen LogP contribution is 2.21. The molecule has 3 aliphatic rings. The number of thioether (sulfide) groups is 1. The van der Waals surface area contributed by atoms with Gasteiger partial charge in [-0.15, -0.1) is 36.6 Å². The summed E-state index contributed by atoms with van der Waals surface area (Å²) in [6, 6.07) is 0.0655. The monoisotopic (exact) mass is 371 g/mol. The van der Waals surface area contributed by atoms with Crippen LogP contribution in [0.4, 0.5) is 0 Å². The van der Waals surface area contributed by atoms with Crippen LogP contribution in [0.3, 0.4) is 0 Å². The minimum absolute atomic E-state index is 0. The second-order valence-electron chi connectivity index (χ2n) is 5.95. The number of carbonyl (C=O) groups excluding carboxylic acids is 1. The van der Waals surface area contributed by atoms with E-state index in [-0.39, 0.29) is 30.9 Å². The molecule has 0 spiro atoms. The molecule has 1 N–H and O–H groups in total. The van der Waals surface area contributed by atoms with Gasteiger partial charge in [-0.2, -0.15) is 0 Å². The molecule has 1 amide bonds. The fraction of sp³-hybridized carbons (Fsp3) is 0.929. The maximum absolute atomic E-state index is 12.3. The molecule has 8 heteroatoms. The van der Waals surface area contributed by atoms with Gasteiger partial charge in [0.05, 0.1) is 19.3 Å². The second kappa shape index (κ2) is 10.2. The van der Waals surface area contributed by atoms with Crippen molar-refractivity contribution in [1.29, 1.82) is 0 Å². The van der Waals surface area contributed by atoms with Crippen molar-refractivity contribution in [2.45, 2.75) is 18.9 Å². The van der Waals surface area contributed by atoms with E-state index in [0.717, 1.165) is 69.8 Å². The number of hydrogen-bond acceptors (Lipinski definition) is 5. The molecule has 0 bridgehead atoms. The van der Waals surface area contributed by atoms with Crippen molar-refractivity contribution in [1.82, 2.24) is 15.1 Å². The Morgan fingerprint density at radius 3 is 2.41 bits per heavy atom. The molecule has 0 aliphatic carbocycles. The quantitative estimate of drug-likeness (QED) is 0.803. The summed E-state index contributed by atoms with van der Waals surface area (Å²) in [5.74, 6) is 2.93. The average Bonchev–Trinajstić information content (AvgIpc) is 3.03. The Hall–Kier alpha value is 0.280. The molecule has 0 aromatic heterocycles.